The van der Waals surface area contributed by atoms with E-state index in [1.165, 1.54) is 0 Å². The Morgan fingerprint density at radius 3 is 2.84 bits per heavy atom. The fraction of sp³-hybridized carbons (Fsp3) is 0.143. The number of hydrogen-bond acceptors (Lipinski definition) is 2. The van der Waals surface area contributed by atoms with Crippen LogP contribution in [0.4, 0.5) is 0 Å². The first kappa shape index (κ1) is 14.0. The van der Waals surface area contributed by atoms with Crippen molar-refractivity contribution in [3.8, 4) is 0 Å². The number of hydrogen-bond donors (Lipinski definition) is 1. The van der Waals surface area contributed by atoms with Gasteiger partial charge in [0, 0.05) is 34.9 Å². The van der Waals surface area contributed by atoms with Gasteiger partial charge in [0.25, 0.3) is 5.91 Å². The second-order valence-corrected chi connectivity index (χ2v) is 5.22. The molecular formula is C14H12BrClN2O. The molecule has 0 saturated carbocycles. The number of nitrogens with zero attached hydrogens (tertiary/aromatic N) is 1. The molecule has 0 aliphatic rings. The number of nitrogens with one attached hydrogen (secondary N) is 1. The van der Waals surface area contributed by atoms with Gasteiger partial charge in [-0.25, -0.2) is 0 Å². The van der Waals surface area contributed by atoms with Crippen molar-refractivity contribution in [3.63, 3.8) is 0 Å². The molecule has 1 amide bonds. The summed E-state index contributed by atoms with van der Waals surface area (Å²) >= 11 is 9.18. The van der Waals surface area contributed by atoms with Crippen LogP contribution in [0.2, 0.25) is 5.02 Å². The lowest BCUT2D eigenvalue weighted by Crippen LogP contribution is -2.25. The standard InChI is InChI=1S/C14H12BrClN2O/c15-12-9-10(4-5-13(12)16)14(19)18-8-6-11-3-1-2-7-17-11/h1-5,7,9H,6,8H2,(H,18,19). The number of halogens is 2. The zero-order valence-corrected chi connectivity index (χ0v) is 12.4. The number of rotatable bonds is 4. The normalized spacial score (nSPS) is 10.2. The van der Waals surface area contributed by atoms with E-state index in [1.54, 1.807) is 24.4 Å². The summed E-state index contributed by atoms with van der Waals surface area (Å²) in [5.74, 6) is -0.117. The van der Waals surface area contributed by atoms with Crippen LogP contribution in [0.25, 0.3) is 0 Å². The Hall–Kier alpha value is -1.39. The summed E-state index contributed by atoms with van der Waals surface area (Å²) < 4.78 is 0.714. The van der Waals surface area contributed by atoms with Crippen molar-refractivity contribution in [2.75, 3.05) is 6.54 Å². The lowest BCUT2D eigenvalue weighted by Gasteiger charge is -2.06. The topological polar surface area (TPSA) is 42.0 Å². The molecule has 0 atom stereocenters. The molecule has 1 heterocycles. The minimum atomic E-state index is -0.117. The van der Waals surface area contributed by atoms with Gasteiger partial charge in [-0.3, -0.25) is 9.78 Å². The van der Waals surface area contributed by atoms with Gasteiger partial charge in [0.1, 0.15) is 0 Å². The molecular weight excluding hydrogens is 328 g/mol. The average molecular weight is 340 g/mol. The summed E-state index contributed by atoms with van der Waals surface area (Å²) in [6, 6.07) is 10.8. The Bertz CT molecular complexity index is 575. The van der Waals surface area contributed by atoms with Crippen molar-refractivity contribution >= 4 is 33.4 Å². The highest BCUT2D eigenvalue weighted by atomic mass is 79.9. The first-order valence-corrected chi connectivity index (χ1v) is 6.97. The molecule has 2 aromatic rings. The Labute approximate surface area is 125 Å². The van der Waals surface area contributed by atoms with E-state index >= 15 is 0 Å². The van der Waals surface area contributed by atoms with Crippen LogP contribution in [0.15, 0.2) is 47.1 Å². The fourth-order valence-electron chi connectivity index (χ4n) is 1.59. The first-order chi connectivity index (χ1) is 9.16. The number of aromatic nitrogens is 1. The molecule has 0 aliphatic heterocycles. The van der Waals surface area contributed by atoms with Crippen LogP contribution >= 0.6 is 27.5 Å². The summed E-state index contributed by atoms with van der Waals surface area (Å²) in [5, 5.41) is 3.44. The predicted octanol–water partition coefficient (Wildman–Crippen LogP) is 3.47. The molecule has 0 spiro atoms. The van der Waals surface area contributed by atoms with Crippen molar-refractivity contribution in [3.05, 3.63) is 63.3 Å². The largest absolute Gasteiger partial charge is 0.352 e. The summed E-state index contributed by atoms with van der Waals surface area (Å²) in [7, 11) is 0. The van der Waals surface area contributed by atoms with E-state index in [-0.39, 0.29) is 5.91 Å². The number of benzene rings is 1. The van der Waals surface area contributed by atoms with Crippen molar-refractivity contribution in [2.24, 2.45) is 0 Å². The van der Waals surface area contributed by atoms with Gasteiger partial charge in [-0.05, 0) is 46.3 Å². The van der Waals surface area contributed by atoms with Crippen molar-refractivity contribution in [2.45, 2.75) is 6.42 Å². The molecule has 1 N–H and O–H groups in total. The Balaban J connectivity index is 1.89. The third-order valence-electron chi connectivity index (χ3n) is 2.57. The van der Waals surface area contributed by atoms with Crippen LogP contribution in [0.5, 0.6) is 0 Å². The van der Waals surface area contributed by atoms with Crippen LogP contribution in [-0.2, 0) is 6.42 Å². The summed E-state index contributed by atoms with van der Waals surface area (Å²) in [4.78, 5) is 16.1. The molecule has 0 saturated heterocycles. The van der Waals surface area contributed by atoms with E-state index < -0.39 is 0 Å². The van der Waals surface area contributed by atoms with Crippen LogP contribution in [0, 0.1) is 0 Å². The highest BCUT2D eigenvalue weighted by Gasteiger charge is 2.07. The molecule has 2 rings (SSSR count). The summed E-state index contributed by atoms with van der Waals surface area (Å²) in [5.41, 5.74) is 1.54. The SMILES string of the molecule is O=C(NCCc1ccccn1)c1ccc(Cl)c(Br)c1. The van der Waals surface area contributed by atoms with Gasteiger partial charge in [-0.2, -0.15) is 0 Å². The smallest absolute Gasteiger partial charge is 0.251 e. The van der Waals surface area contributed by atoms with E-state index in [9.17, 15) is 4.79 Å². The molecule has 1 aromatic carbocycles. The van der Waals surface area contributed by atoms with Gasteiger partial charge in [-0.15, -0.1) is 0 Å². The Kier molecular flexibility index (Phi) is 4.93. The lowest BCUT2D eigenvalue weighted by molar-refractivity contribution is 0.0954. The third kappa shape index (κ3) is 4.04. The van der Waals surface area contributed by atoms with Crippen LogP contribution in [0.1, 0.15) is 16.1 Å². The zero-order valence-electron chi connectivity index (χ0n) is 10.1. The maximum atomic E-state index is 11.9. The quantitative estimate of drug-likeness (QED) is 0.927. The van der Waals surface area contributed by atoms with Crippen molar-refractivity contribution < 1.29 is 4.79 Å². The maximum absolute atomic E-state index is 11.9. The van der Waals surface area contributed by atoms with Gasteiger partial charge < -0.3 is 5.32 Å². The van der Waals surface area contributed by atoms with Crippen LogP contribution in [0.3, 0.4) is 0 Å². The zero-order chi connectivity index (χ0) is 13.7. The number of pyridine rings is 1. The molecule has 0 fully saturated rings. The van der Waals surface area contributed by atoms with E-state index in [0.29, 0.717) is 28.0 Å². The van der Waals surface area contributed by atoms with Gasteiger partial charge in [0.2, 0.25) is 0 Å². The van der Waals surface area contributed by atoms with E-state index in [0.717, 1.165) is 5.69 Å². The third-order valence-corrected chi connectivity index (χ3v) is 3.79. The monoisotopic (exact) mass is 338 g/mol. The first-order valence-electron chi connectivity index (χ1n) is 5.80. The van der Waals surface area contributed by atoms with Crippen molar-refractivity contribution in [1.29, 1.82) is 0 Å². The number of carbonyl (C=O) groups excluding carboxylic acids is 1. The molecule has 0 aliphatic carbocycles. The van der Waals surface area contributed by atoms with E-state index in [2.05, 4.69) is 26.2 Å². The fourth-order valence-corrected chi connectivity index (χ4v) is 2.09. The number of carbonyl (C=O) groups is 1. The second kappa shape index (κ2) is 6.68. The molecule has 5 heteroatoms. The molecule has 19 heavy (non-hydrogen) atoms. The van der Waals surface area contributed by atoms with Gasteiger partial charge in [0.05, 0.1) is 5.02 Å². The Morgan fingerprint density at radius 1 is 1.32 bits per heavy atom. The maximum Gasteiger partial charge on any atom is 0.251 e. The highest BCUT2D eigenvalue weighted by Crippen LogP contribution is 2.23. The second-order valence-electron chi connectivity index (χ2n) is 3.96. The van der Waals surface area contributed by atoms with Gasteiger partial charge >= 0.3 is 0 Å². The van der Waals surface area contributed by atoms with Gasteiger partial charge in [-0.1, -0.05) is 17.7 Å². The van der Waals surface area contributed by atoms with Crippen molar-refractivity contribution in [1.82, 2.24) is 10.3 Å². The Morgan fingerprint density at radius 2 is 2.16 bits per heavy atom. The summed E-state index contributed by atoms with van der Waals surface area (Å²) in [6.07, 6.45) is 2.45. The van der Waals surface area contributed by atoms with E-state index in [4.69, 9.17) is 11.6 Å². The molecule has 98 valence electrons. The highest BCUT2D eigenvalue weighted by molar-refractivity contribution is 9.10. The van der Waals surface area contributed by atoms with Crippen LogP contribution < -0.4 is 5.32 Å². The van der Waals surface area contributed by atoms with Gasteiger partial charge in [0.15, 0.2) is 0 Å². The number of amides is 1. The molecule has 0 unspecified atom stereocenters. The molecule has 0 bridgehead atoms. The minimum Gasteiger partial charge on any atom is -0.352 e. The molecule has 0 radical (unpaired) electrons. The minimum absolute atomic E-state index is 0.117. The predicted molar refractivity (Wildman–Crippen MR) is 79.4 cm³/mol. The average Bonchev–Trinajstić information content (AvgIpc) is 2.43. The molecule has 3 nitrogen and oxygen atoms in total. The summed E-state index contributed by atoms with van der Waals surface area (Å²) in [6.45, 7) is 0.552. The lowest BCUT2D eigenvalue weighted by atomic mass is 10.2. The van der Waals surface area contributed by atoms with Crippen LogP contribution in [-0.4, -0.2) is 17.4 Å². The van der Waals surface area contributed by atoms with E-state index in [1.807, 2.05) is 18.2 Å². The molecule has 1 aromatic heterocycles.